The lowest BCUT2D eigenvalue weighted by Gasteiger charge is -2.37. The number of carbonyl (C=O) groups excluding carboxylic acids is 1. The van der Waals surface area contributed by atoms with E-state index in [1.807, 2.05) is 0 Å². The van der Waals surface area contributed by atoms with Crippen LogP contribution in [0.25, 0.3) is 0 Å². The van der Waals surface area contributed by atoms with Crippen LogP contribution in [-0.2, 0) is 4.79 Å². The summed E-state index contributed by atoms with van der Waals surface area (Å²) in [5.74, 6) is 2.11. The first-order valence-corrected chi connectivity index (χ1v) is 5.46. The topological polar surface area (TPSA) is 37.3 Å². The third kappa shape index (κ3) is 1.08. The van der Waals surface area contributed by atoms with Crippen molar-refractivity contribution in [3.63, 3.8) is 0 Å². The van der Waals surface area contributed by atoms with Gasteiger partial charge in [0.05, 0.1) is 6.10 Å². The average Bonchev–Trinajstić information content (AvgIpc) is 2.24. The Bertz CT molecular complexity index is 248. The maximum absolute atomic E-state index is 11.8. The summed E-state index contributed by atoms with van der Waals surface area (Å²) in [5.41, 5.74) is 0. The average molecular weight is 180 g/mol. The van der Waals surface area contributed by atoms with Gasteiger partial charge in [0.15, 0.2) is 0 Å². The summed E-state index contributed by atoms with van der Waals surface area (Å²) in [6.45, 7) is 0. The Morgan fingerprint density at radius 3 is 2.46 bits per heavy atom. The molecule has 5 atom stereocenters. The molecule has 4 rings (SSSR count). The van der Waals surface area contributed by atoms with Crippen LogP contribution in [0.3, 0.4) is 0 Å². The zero-order valence-corrected chi connectivity index (χ0v) is 7.78. The molecule has 4 aliphatic carbocycles. The van der Waals surface area contributed by atoms with Gasteiger partial charge >= 0.3 is 0 Å². The van der Waals surface area contributed by atoms with Crippen LogP contribution in [0.1, 0.15) is 32.1 Å². The van der Waals surface area contributed by atoms with Crippen LogP contribution in [-0.4, -0.2) is 17.0 Å². The number of carbonyl (C=O) groups is 1. The molecule has 0 aromatic carbocycles. The van der Waals surface area contributed by atoms with E-state index < -0.39 is 0 Å². The van der Waals surface area contributed by atoms with Crippen molar-refractivity contribution in [2.45, 2.75) is 38.2 Å². The lowest BCUT2D eigenvalue weighted by Crippen LogP contribution is -2.38. The number of fused-ring (bicyclic) bond motifs is 1. The van der Waals surface area contributed by atoms with Crippen molar-refractivity contribution in [2.24, 2.45) is 23.7 Å². The highest BCUT2D eigenvalue weighted by Gasteiger charge is 2.48. The van der Waals surface area contributed by atoms with Crippen LogP contribution in [0, 0.1) is 23.7 Å². The SMILES string of the molecule is O=C1[C@@H]2C[C@H]3C[C@H](CC(O)[C@@H]1C3)C2. The van der Waals surface area contributed by atoms with Gasteiger partial charge in [-0.15, -0.1) is 0 Å². The van der Waals surface area contributed by atoms with E-state index in [-0.39, 0.29) is 12.0 Å². The molecule has 0 heterocycles. The Morgan fingerprint density at radius 2 is 1.69 bits per heavy atom. The summed E-state index contributed by atoms with van der Waals surface area (Å²) in [4.78, 5) is 11.8. The van der Waals surface area contributed by atoms with Gasteiger partial charge in [-0.05, 0) is 43.9 Å². The summed E-state index contributed by atoms with van der Waals surface area (Å²) < 4.78 is 0. The molecule has 4 saturated carbocycles. The first-order chi connectivity index (χ1) is 6.24. The third-order valence-electron chi connectivity index (χ3n) is 4.30. The monoisotopic (exact) mass is 180 g/mol. The molecule has 1 N–H and O–H groups in total. The molecular formula is C11H16O2. The van der Waals surface area contributed by atoms with Crippen molar-refractivity contribution < 1.29 is 9.90 Å². The Balaban J connectivity index is 1.99. The molecule has 2 heteroatoms. The first kappa shape index (κ1) is 7.98. The summed E-state index contributed by atoms with van der Waals surface area (Å²) in [5, 5.41) is 9.85. The van der Waals surface area contributed by atoms with E-state index in [0.717, 1.165) is 31.6 Å². The molecule has 0 aromatic heterocycles. The molecule has 2 nitrogen and oxygen atoms in total. The fraction of sp³-hybridized carbons (Fsp3) is 0.909. The largest absolute Gasteiger partial charge is 0.392 e. The number of hydrogen-bond acceptors (Lipinski definition) is 2. The highest BCUT2D eigenvalue weighted by Crippen LogP contribution is 2.49. The van der Waals surface area contributed by atoms with Gasteiger partial charge in [0, 0.05) is 11.8 Å². The molecule has 0 radical (unpaired) electrons. The zero-order chi connectivity index (χ0) is 9.00. The third-order valence-corrected chi connectivity index (χ3v) is 4.30. The zero-order valence-electron chi connectivity index (χ0n) is 7.78. The van der Waals surface area contributed by atoms with Gasteiger partial charge in [-0.1, -0.05) is 0 Å². The van der Waals surface area contributed by atoms with Crippen molar-refractivity contribution >= 4 is 5.78 Å². The predicted octanol–water partition coefficient (Wildman–Crippen LogP) is 1.37. The molecule has 0 aliphatic heterocycles. The summed E-state index contributed by atoms with van der Waals surface area (Å²) >= 11 is 0. The highest BCUT2D eigenvalue weighted by atomic mass is 16.3. The van der Waals surface area contributed by atoms with Gasteiger partial charge in [-0.25, -0.2) is 0 Å². The van der Waals surface area contributed by atoms with E-state index in [4.69, 9.17) is 0 Å². The van der Waals surface area contributed by atoms with Crippen molar-refractivity contribution in [3.05, 3.63) is 0 Å². The second-order valence-corrected chi connectivity index (χ2v) is 5.18. The van der Waals surface area contributed by atoms with Crippen molar-refractivity contribution in [1.82, 2.24) is 0 Å². The minimum absolute atomic E-state index is 0.0104. The second-order valence-electron chi connectivity index (χ2n) is 5.18. The van der Waals surface area contributed by atoms with Crippen LogP contribution >= 0.6 is 0 Å². The number of aliphatic hydroxyl groups is 1. The Kier molecular flexibility index (Phi) is 1.58. The smallest absolute Gasteiger partial charge is 0.141 e. The number of ketones is 1. The second kappa shape index (κ2) is 2.57. The van der Waals surface area contributed by atoms with Gasteiger partial charge in [0.1, 0.15) is 5.78 Å². The normalized spacial score (nSPS) is 53.9. The van der Waals surface area contributed by atoms with Gasteiger partial charge in [-0.3, -0.25) is 4.79 Å². The molecule has 4 fully saturated rings. The van der Waals surface area contributed by atoms with Crippen LogP contribution in [0.4, 0.5) is 0 Å². The van der Waals surface area contributed by atoms with Crippen molar-refractivity contribution in [1.29, 1.82) is 0 Å². The summed E-state index contributed by atoms with van der Waals surface area (Å²) in [7, 11) is 0. The van der Waals surface area contributed by atoms with Crippen LogP contribution in [0.15, 0.2) is 0 Å². The van der Waals surface area contributed by atoms with E-state index >= 15 is 0 Å². The summed E-state index contributed by atoms with van der Waals surface area (Å²) in [6, 6.07) is 0. The fourth-order valence-electron chi connectivity index (χ4n) is 3.81. The first-order valence-electron chi connectivity index (χ1n) is 5.46. The number of hydrogen-bond donors (Lipinski definition) is 1. The predicted molar refractivity (Wildman–Crippen MR) is 48.1 cm³/mol. The molecule has 4 bridgehead atoms. The van der Waals surface area contributed by atoms with Gasteiger partial charge in [0.2, 0.25) is 0 Å². The quantitative estimate of drug-likeness (QED) is 0.611. The lowest BCUT2D eigenvalue weighted by molar-refractivity contribution is -0.134. The van der Waals surface area contributed by atoms with Gasteiger partial charge in [0.25, 0.3) is 0 Å². The van der Waals surface area contributed by atoms with E-state index in [9.17, 15) is 9.90 Å². The molecule has 0 spiro atoms. The molecule has 0 amide bonds. The minimum atomic E-state index is -0.312. The maximum atomic E-state index is 11.8. The van der Waals surface area contributed by atoms with E-state index in [1.54, 1.807) is 0 Å². The Labute approximate surface area is 78.3 Å². The Morgan fingerprint density at radius 1 is 1.00 bits per heavy atom. The molecule has 13 heavy (non-hydrogen) atoms. The van der Waals surface area contributed by atoms with E-state index in [2.05, 4.69) is 0 Å². The number of aliphatic hydroxyl groups excluding tert-OH is 1. The van der Waals surface area contributed by atoms with Crippen molar-refractivity contribution in [2.75, 3.05) is 0 Å². The number of Topliss-reactive ketones (excluding diaryl/α,β-unsaturated/α-hetero) is 1. The van der Waals surface area contributed by atoms with E-state index in [0.29, 0.717) is 17.6 Å². The highest BCUT2D eigenvalue weighted by molar-refractivity contribution is 5.85. The molecule has 0 saturated heterocycles. The molecule has 72 valence electrons. The molecular weight excluding hydrogens is 164 g/mol. The molecule has 1 unspecified atom stereocenters. The fourth-order valence-corrected chi connectivity index (χ4v) is 3.81. The van der Waals surface area contributed by atoms with Crippen molar-refractivity contribution in [3.8, 4) is 0 Å². The van der Waals surface area contributed by atoms with Crippen LogP contribution < -0.4 is 0 Å². The van der Waals surface area contributed by atoms with Gasteiger partial charge < -0.3 is 5.11 Å². The lowest BCUT2D eigenvalue weighted by atomic mass is 9.67. The number of rotatable bonds is 0. The van der Waals surface area contributed by atoms with Crippen LogP contribution in [0.2, 0.25) is 0 Å². The maximum Gasteiger partial charge on any atom is 0.141 e. The summed E-state index contributed by atoms with van der Waals surface area (Å²) in [6.07, 6.45) is 5.03. The van der Waals surface area contributed by atoms with Crippen LogP contribution in [0.5, 0.6) is 0 Å². The van der Waals surface area contributed by atoms with E-state index in [1.165, 1.54) is 6.42 Å². The molecule has 0 aromatic rings. The Hall–Kier alpha value is -0.370. The van der Waals surface area contributed by atoms with Gasteiger partial charge in [-0.2, -0.15) is 0 Å². The standard InChI is InChI=1S/C11H16O2/c12-10-5-7-1-6-2-8(3-7)11(13)9(10)4-6/h6-10,12H,1-5H2/t6-,7+,8-,9+,10?/m1/s1. The minimum Gasteiger partial charge on any atom is -0.392 e. The molecule has 4 aliphatic rings.